The van der Waals surface area contributed by atoms with Crippen LogP contribution in [0.3, 0.4) is 0 Å². The van der Waals surface area contributed by atoms with Crippen LogP contribution >= 0.6 is 0 Å². The summed E-state index contributed by atoms with van der Waals surface area (Å²) in [7, 11) is 0. The van der Waals surface area contributed by atoms with Gasteiger partial charge in [0.2, 0.25) is 0 Å². The number of carboxylic acids is 1. The molecule has 80 heavy (non-hydrogen) atoms. The molecule has 2 aliphatic heterocycles. The first-order valence-electron chi connectivity index (χ1n) is 27.0. The second-order valence-corrected chi connectivity index (χ2v) is 21.0. The largest absolute Gasteiger partial charge is 0.481 e. The predicted molar refractivity (Wildman–Crippen MR) is 295 cm³/mol. The highest BCUT2D eigenvalue weighted by molar-refractivity contribution is 5.97. The van der Waals surface area contributed by atoms with Crippen molar-refractivity contribution in [2.24, 2.45) is 29.4 Å². The molecule has 2 aliphatic rings. The van der Waals surface area contributed by atoms with E-state index in [0.717, 1.165) is 0 Å². The third-order valence-electron chi connectivity index (χ3n) is 14.0. The summed E-state index contributed by atoms with van der Waals surface area (Å²) >= 11 is 0. The van der Waals surface area contributed by atoms with Gasteiger partial charge in [0.25, 0.3) is 0 Å². The number of hydrogen-bond acceptors (Lipinski definition) is 20. The van der Waals surface area contributed by atoms with Gasteiger partial charge in [-0.1, -0.05) is 106 Å². The molecule has 0 radical (unpaired) electrons. The Balaban J connectivity index is 1.85. The maximum absolute atomic E-state index is 13.3. The number of esters is 1. The third-order valence-corrected chi connectivity index (χ3v) is 14.0. The van der Waals surface area contributed by atoms with Crippen LogP contribution in [0.2, 0.25) is 0 Å². The minimum atomic E-state index is -2.05. The predicted octanol–water partition coefficient (Wildman–Crippen LogP) is 2.58. The minimum Gasteiger partial charge on any atom is -0.481 e. The Morgan fingerprint density at radius 2 is 1.23 bits per heavy atom. The van der Waals surface area contributed by atoms with Gasteiger partial charge in [-0.2, -0.15) is 0 Å². The number of carbonyl (C=O) groups is 6. The molecule has 0 bridgehead atoms. The molecular formula is C59H84N2O19. The zero-order chi connectivity index (χ0) is 59.6. The molecule has 2 heterocycles. The molecule has 14 N–H and O–H groups in total. The number of aliphatic carboxylic acids is 1. The SMILES string of the molecule is CC1C=CC=CC=CC=CC=CC=CC=CC(OC2OC(C)C(O)C(N)C2O)CC(O)C(C(=O)O)C(O)CC(=O)CC(O)C(O)C(O)CC(O)CC(=O)CCCC(=O)CC(=O)OC1C(C)CC(C)C(O)CC(=O)c1ccc(N)cc1. The van der Waals surface area contributed by atoms with E-state index in [9.17, 15) is 79.8 Å². The third kappa shape index (κ3) is 24.2. The van der Waals surface area contributed by atoms with Crippen molar-refractivity contribution < 1.29 is 94.0 Å². The number of ether oxygens (including phenoxy) is 3. The number of hydrogen-bond donors (Lipinski definition) is 12. The summed E-state index contributed by atoms with van der Waals surface area (Å²) in [6.45, 7) is 6.97. The van der Waals surface area contributed by atoms with E-state index in [-0.39, 0.29) is 43.3 Å². The van der Waals surface area contributed by atoms with Gasteiger partial charge >= 0.3 is 11.9 Å². The van der Waals surface area contributed by atoms with Crippen LogP contribution in [-0.2, 0) is 38.2 Å². The smallest absolute Gasteiger partial charge is 0.313 e. The van der Waals surface area contributed by atoms with Crippen LogP contribution in [0, 0.1) is 23.7 Å². The monoisotopic (exact) mass is 1120 g/mol. The van der Waals surface area contributed by atoms with Crippen LogP contribution in [0.4, 0.5) is 5.69 Å². The molecule has 1 fully saturated rings. The number of anilines is 1. The van der Waals surface area contributed by atoms with Gasteiger partial charge < -0.3 is 76.7 Å². The van der Waals surface area contributed by atoms with E-state index in [1.165, 1.54) is 19.1 Å². The lowest BCUT2D eigenvalue weighted by Gasteiger charge is -2.41. The van der Waals surface area contributed by atoms with Crippen molar-refractivity contribution in [1.82, 2.24) is 0 Å². The number of allylic oxidation sites excluding steroid dienone is 12. The lowest BCUT2D eigenvalue weighted by molar-refractivity contribution is -0.277. The van der Waals surface area contributed by atoms with E-state index in [0.29, 0.717) is 17.7 Å². The van der Waals surface area contributed by atoms with Crippen molar-refractivity contribution in [1.29, 1.82) is 0 Å². The first-order chi connectivity index (χ1) is 37.8. The van der Waals surface area contributed by atoms with Gasteiger partial charge in [0.15, 0.2) is 12.1 Å². The summed E-state index contributed by atoms with van der Waals surface area (Å²) in [5.74, 6) is -7.92. The highest BCUT2D eigenvalue weighted by Crippen LogP contribution is 2.29. The van der Waals surface area contributed by atoms with Crippen molar-refractivity contribution in [3.8, 4) is 0 Å². The molecule has 444 valence electrons. The number of carboxylic acid groups (broad SMARTS) is 1. The van der Waals surface area contributed by atoms with E-state index >= 15 is 0 Å². The molecule has 3 rings (SSSR count). The Morgan fingerprint density at radius 3 is 1.81 bits per heavy atom. The lowest BCUT2D eigenvalue weighted by Crippen LogP contribution is -2.61. The Labute approximate surface area is 467 Å². The molecular weight excluding hydrogens is 1040 g/mol. The van der Waals surface area contributed by atoms with E-state index in [1.54, 1.807) is 98.0 Å². The summed E-state index contributed by atoms with van der Waals surface area (Å²) < 4.78 is 17.5. The second-order valence-electron chi connectivity index (χ2n) is 21.0. The topological polar surface area (TPSA) is 384 Å². The van der Waals surface area contributed by atoms with Crippen molar-refractivity contribution >= 4 is 40.8 Å². The van der Waals surface area contributed by atoms with Gasteiger partial charge in [0.05, 0.1) is 61.0 Å². The van der Waals surface area contributed by atoms with Crippen molar-refractivity contribution in [2.45, 2.75) is 184 Å². The van der Waals surface area contributed by atoms with E-state index in [4.69, 9.17) is 25.7 Å². The number of nitrogen functional groups attached to an aromatic ring is 1. The van der Waals surface area contributed by atoms with Crippen molar-refractivity contribution in [3.05, 3.63) is 115 Å². The number of aliphatic hydroxyl groups is 9. The van der Waals surface area contributed by atoms with Crippen molar-refractivity contribution in [2.75, 3.05) is 5.73 Å². The second kappa shape index (κ2) is 35.3. The van der Waals surface area contributed by atoms with Gasteiger partial charge in [0, 0.05) is 68.5 Å². The number of nitrogens with two attached hydrogens (primary N) is 2. The fraction of sp³-hybridized carbons (Fsp3) is 0.559. The number of cyclic esters (lactones) is 1. The highest BCUT2D eigenvalue weighted by atomic mass is 16.7. The molecule has 18 unspecified atom stereocenters. The zero-order valence-electron chi connectivity index (χ0n) is 45.9. The maximum Gasteiger partial charge on any atom is 0.313 e. The number of rotatable bonds is 10. The Bertz CT molecular complexity index is 2350. The Morgan fingerprint density at radius 1 is 0.675 bits per heavy atom. The minimum absolute atomic E-state index is 0.00855. The van der Waals surface area contributed by atoms with Gasteiger partial charge in [-0.15, -0.1) is 0 Å². The number of benzene rings is 1. The molecule has 21 nitrogen and oxygen atoms in total. The van der Waals surface area contributed by atoms with Crippen LogP contribution in [-0.4, -0.2) is 172 Å². The molecule has 1 aromatic rings. The van der Waals surface area contributed by atoms with E-state index < -0.39 is 165 Å². The summed E-state index contributed by atoms with van der Waals surface area (Å²) in [5, 5.41) is 107. The molecule has 1 aromatic carbocycles. The summed E-state index contributed by atoms with van der Waals surface area (Å²) in [6.07, 6.45) is -0.0572. The fourth-order valence-corrected chi connectivity index (χ4v) is 9.33. The van der Waals surface area contributed by atoms with Gasteiger partial charge in [-0.3, -0.25) is 28.8 Å². The van der Waals surface area contributed by atoms with Crippen LogP contribution in [0.25, 0.3) is 0 Å². The molecule has 0 aliphatic carbocycles. The highest BCUT2D eigenvalue weighted by Gasteiger charge is 2.43. The van der Waals surface area contributed by atoms with Gasteiger partial charge in [-0.05, 0) is 55.9 Å². The lowest BCUT2D eigenvalue weighted by atomic mass is 9.83. The average Bonchev–Trinajstić information content (AvgIpc) is 3.38. The summed E-state index contributed by atoms with van der Waals surface area (Å²) in [6, 6.07) is 5.19. The van der Waals surface area contributed by atoms with E-state index in [2.05, 4.69) is 0 Å². The number of aliphatic hydroxyl groups excluding tert-OH is 9. The number of Topliss-reactive ketones (excluding diaryl/α,β-unsaturated/α-hetero) is 4. The summed E-state index contributed by atoms with van der Waals surface area (Å²) in [5.41, 5.74) is 12.6. The average molecular weight is 1130 g/mol. The number of carbonyl (C=O) groups excluding carboxylic acids is 5. The number of ketones is 4. The van der Waals surface area contributed by atoms with Gasteiger partial charge in [-0.25, -0.2) is 0 Å². The molecule has 0 spiro atoms. The standard InChI is InChI=1S/C59H84N2O19/c1-34-18-15-13-11-9-7-5-6-8-10-12-14-16-21-44(79-59-56(75)53(61)54(73)37(4)78-59)32-48(69)52(58(76)77)47(68)28-43(65)30-50(71)55(74)49(70)29-42(64)27-40(62)19-17-20-41(63)31-51(72)80-57(34)36(3)26-35(2)45(66)33-46(67)38-22-24-39(60)25-23-38/h5-16,18,21-25,34-37,42,44-45,47-50,52-57,59,64,66,68-71,73-75H,17,19-20,26-33,60-61H2,1-4H3,(H,76,77). The molecule has 1 saturated heterocycles. The van der Waals surface area contributed by atoms with Crippen molar-refractivity contribution in [3.63, 3.8) is 0 Å². The maximum atomic E-state index is 13.3. The Kier molecular flexibility index (Phi) is 30.2. The van der Waals surface area contributed by atoms with Crippen LogP contribution in [0.15, 0.2) is 109 Å². The van der Waals surface area contributed by atoms with Crippen LogP contribution in [0.1, 0.15) is 109 Å². The molecule has 0 aromatic heterocycles. The first kappa shape index (κ1) is 68.6. The molecule has 18 atom stereocenters. The molecule has 0 saturated carbocycles. The van der Waals surface area contributed by atoms with Crippen LogP contribution in [0.5, 0.6) is 0 Å². The zero-order valence-corrected chi connectivity index (χ0v) is 45.9. The fourth-order valence-electron chi connectivity index (χ4n) is 9.33. The molecule has 0 amide bonds. The normalized spacial score (nSPS) is 32.5. The summed E-state index contributed by atoms with van der Waals surface area (Å²) in [4.78, 5) is 77.3. The van der Waals surface area contributed by atoms with Crippen LogP contribution < -0.4 is 11.5 Å². The quantitative estimate of drug-likeness (QED) is 0.0693. The van der Waals surface area contributed by atoms with Gasteiger partial charge in [0.1, 0.15) is 48.0 Å². The molecule has 21 heteroatoms. The Hall–Kier alpha value is -5.66. The van der Waals surface area contributed by atoms with E-state index in [1.807, 2.05) is 19.9 Å². The first-order valence-corrected chi connectivity index (χ1v) is 27.0.